The Morgan fingerprint density at radius 2 is 1.84 bits per heavy atom. The van der Waals surface area contributed by atoms with E-state index in [0.29, 0.717) is 43.9 Å². The Morgan fingerprint density at radius 1 is 1.16 bits per heavy atom. The second kappa shape index (κ2) is 11.5. The number of aliphatic hydroxyl groups is 1. The lowest BCUT2D eigenvalue weighted by atomic mass is 9.70. The number of unbranched alkanes of at least 4 members (excludes halogenated alkanes) is 3. The van der Waals surface area contributed by atoms with Gasteiger partial charge < -0.3 is 30.1 Å². The van der Waals surface area contributed by atoms with Crippen molar-refractivity contribution in [3.8, 4) is 5.75 Å². The quantitative estimate of drug-likeness (QED) is 0.268. The SMILES string of the molecule is CCOc1ccc(NC(=O)[C@H]2[C@@H]3OC4(CC3Br)C(C(=O)NC(C)(C)C)N(CCCCCCO)C(=O)[C@H]24)cc1. The molecule has 9 nitrogen and oxygen atoms in total. The predicted molar refractivity (Wildman–Crippen MR) is 147 cm³/mol. The van der Waals surface area contributed by atoms with Crippen molar-refractivity contribution in [2.24, 2.45) is 11.8 Å². The zero-order valence-corrected chi connectivity index (χ0v) is 24.3. The molecule has 2 bridgehead atoms. The molecule has 0 radical (unpaired) electrons. The highest BCUT2D eigenvalue weighted by Gasteiger charge is 2.76. The minimum atomic E-state index is -1.07. The Bertz CT molecular complexity index is 1030. The van der Waals surface area contributed by atoms with Crippen molar-refractivity contribution in [2.45, 2.75) is 87.9 Å². The monoisotopic (exact) mass is 593 g/mol. The van der Waals surface area contributed by atoms with Crippen molar-refractivity contribution in [1.29, 1.82) is 0 Å². The van der Waals surface area contributed by atoms with Crippen LogP contribution >= 0.6 is 15.9 Å². The summed E-state index contributed by atoms with van der Waals surface area (Å²) < 4.78 is 12.0. The van der Waals surface area contributed by atoms with Gasteiger partial charge in [-0.05, 0) is 71.2 Å². The summed E-state index contributed by atoms with van der Waals surface area (Å²) in [5, 5.41) is 15.1. The van der Waals surface area contributed by atoms with E-state index in [9.17, 15) is 14.4 Å². The van der Waals surface area contributed by atoms with Crippen LogP contribution in [0.15, 0.2) is 24.3 Å². The molecule has 6 atom stereocenters. The molecule has 3 aliphatic heterocycles. The Balaban J connectivity index is 1.60. The Kier molecular flexibility index (Phi) is 8.74. The van der Waals surface area contributed by atoms with Crippen LogP contribution in [0, 0.1) is 11.8 Å². The molecular weight excluding hydrogens is 554 g/mol. The second-order valence-electron chi connectivity index (χ2n) is 11.5. The molecule has 10 heteroatoms. The fourth-order valence-electron chi connectivity index (χ4n) is 6.18. The maximum Gasteiger partial charge on any atom is 0.246 e. The average Bonchev–Trinajstić information content (AvgIpc) is 3.42. The van der Waals surface area contributed by atoms with Crippen LogP contribution in [0.1, 0.15) is 59.8 Å². The summed E-state index contributed by atoms with van der Waals surface area (Å²) in [5.41, 5.74) is -0.956. The van der Waals surface area contributed by atoms with E-state index >= 15 is 0 Å². The number of benzene rings is 1. The Labute approximate surface area is 233 Å². The third kappa shape index (κ3) is 5.58. The molecular formula is C28H40BrN3O6. The molecule has 3 amide bonds. The van der Waals surface area contributed by atoms with Crippen LogP contribution in [-0.2, 0) is 19.1 Å². The smallest absolute Gasteiger partial charge is 0.246 e. The summed E-state index contributed by atoms with van der Waals surface area (Å²) >= 11 is 3.70. The van der Waals surface area contributed by atoms with Crippen LogP contribution in [0.5, 0.6) is 5.75 Å². The first-order valence-corrected chi connectivity index (χ1v) is 14.5. The van der Waals surface area contributed by atoms with E-state index < -0.39 is 35.1 Å². The number of hydrogen-bond acceptors (Lipinski definition) is 6. The van der Waals surface area contributed by atoms with E-state index in [-0.39, 0.29) is 29.2 Å². The van der Waals surface area contributed by atoms with E-state index in [1.165, 1.54) is 0 Å². The minimum Gasteiger partial charge on any atom is -0.494 e. The zero-order valence-electron chi connectivity index (χ0n) is 22.7. The summed E-state index contributed by atoms with van der Waals surface area (Å²) in [6.45, 7) is 8.71. The molecule has 38 heavy (non-hydrogen) atoms. The number of nitrogens with one attached hydrogen (secondary N) is 2. The minimum absolute atomic E-state index is 0.136. The standard InChI is InChI=1S/C28H40BrN3O6/c1-5-37-18-12-10-17(11-13-18)30-24(34)20-21-26(36)32(14-8-6-7-9-15-33)23(25(35)31-27(2,3)4)28(21)16-19(29)22(20)38-28/h10-13,19-23,33H,5-9,14-16H2,1-4H3,(H,30,34)(H,31,35)/t19?,20-,21+,22-,23?,28?/m1/s1. The van der Waals surface area contributed by atoms with Crippen molar-refractivity contribution < 1.29 is 29.0 Å². The average molecular weight is 595 g/mol. The first-order valence-electron chi connectivity index (χ1n) is 13.6. The molecule has 0 saturated carbocycles. The molecule has 3 N–H and O–H groups in total. The normalized spacial score (nSPS) is 29.9. The molecule has 4 rings (SSSR count). The van der Waals surface area contributed by atoms with Gasteiger partial charge in [-0.25, -0.2) is 0 Å². The zero-order chi connectivity index (χ0) is 27.7. The molecule has 210 valence electrons. The largest absolute Gasteiger partial charge is 0.494 e. The van der Waals surface area contributed by atoms with Gasteiger partial charge in [-0.3, -0.25) is 14.4 Å². The fourth-order valence-corrected chi connectivity index (χ4v) is 7.13. The summed E-state index contributed by atoms with van der Waals surface area (Å²) in [5.74, 6) is -1.50. The maximum absolute atomic E-state index is 14.0. The number of aliphatic hydroxyl groups excluding tert-OH is 1. The van der Waals surface area contributed by atoms with Gasteiger partial charge in [-0.1, -0.05) is 28.8 Å². The number of hydrogen-bond donors (Lipinski definition) is 3. The van der Waals surface area contributed by atoms with Gasteiger partial charge in [0, 0.05) is 29.2 Å². The van der Waals surface area contributed by atoms with Gasteiger partial charge in [-0.15, -0.1) is 0 Å². The Morgan fingerprint density at radius 3 is 2.47 bits per heavy atom. The lowest BCUT2D eigenvalue weighted by Gasteiger charge is -2.36. The van der Waals surface area contributed by atoms with Gasteiger partial charge in [0.05, 0.1) is 24.5 Å². The fraction of sp³-hybridized carbons (Fsp3) is 0.679. The van der Waals surface area contributed by atoms with Crippen LogP contribution in [0.25, 0.3) is 0 Å². The van der Waals surface area contributed by atoms with Crippen molar-refractivity contribution in [2.75, 3.05) is 25.1 Å². The van der Waals surface area contributed by atoms with Gasteiger partial charge in [0.2, 0.25) is 17.7 Å². The van der Waals surface area contributed by atoms with Gasteiger partial charge in [0.25, 0.3) is 0 Å². The number of rotatable bonds is 11. The van der Waals surface area contributed by atoms with Gasteiger partial charge >= 0.3 is 0 Å². The maximum atomic E-state index is 14.0. The topological polar surface area (TPSA) is 117 Å². The number of carbonyl (C=O) groups excluding carboxylic acids is 3. The van der Waals surface area contributed by atoms with Crippen molar-refractivity contribution in [3.05, 3.63) is 24.3 Å². The number of halogens is 1. The molecule has 3 saturated heterocycles. The van der Waals surface area contributed by atoms with Crippen LogP contribution in [0.2, 0.25) is 0 Å². The molecule has 0 aliphatic carbocycles. The third-order valence-electron chi connectivity index (χ3n) is 7.58. The molecule has 3 aliphatic rings. The van der Waals surface area contributed by atoms with E-state index in [4.69, 9.17) is 14.6 Å². The first-order chi connectivity index (χ1) is 18.0. The van der Waals surface area contributed by atoms with E-state index in [1.54, 1.807) is 29.2 Å². The first kappa shape index (κ1) is 28.8. The van der Waals surface area contributed by atoms with E-state index in [2.05, 4.69) is 26.6 Å². The second-order valence-corrected chi connectivity index (χ2v) is 12.7. The molecule has 0 aromatic heterocycles. The predicted octanol–water partition coefficient (Wildman–Crippen LogP) is 3.24. The van der Waals surface area contributed by atoms with Gasteiger partial charge in [-0.2, -0.15) is 0 Å². The lowest BCUT2D eigenvalue weighted by molar-refractivity contribution is -0.142. The van der Waals surface area contributed by atoms with Crippen LogP contribution in [-0.4, -0.2) is 75.6 Å². The molecule has 1 aromatic carbocycles. The molecule has 1 aromatic rings. The highest BCUT2D eigenvalue weighted by atomic mass is 79.9. The third-order valence-corrected chi connectivity index (χ3v) is 8.42. The number of anilines is 1. The number of ether oxygens (including phenoxy) is 2. The number of amides is 3. The number of fused-ring (bicyclic) bond motifs is 1. The van der Waals surface area contributed by atoms with Crippen LogP contribution < -0.4 is 15.4 Å². The van der Waals surface area contributed by atoms with Crippen molar-refractivity contribution in [3.63, 3.8) is 0 Å². The molecule has 3 unspecified atom stereocenters. The summed E-state index contributed by atoms with van der Waals surface area (Å²) in [4.78, 5) is 42.8. The number of alkyl halides is 1. The highest BCUT2D eigenvalue weighted by Crippen LogP contribution is 2.60. The summed E-state index contributed by atoms with van der Waals surface area (Å²) in [7, 11) is 0. The lowest BCUT2D eigenvalue weighted by Crippen LogP contribution is -2.58. The van der Waals surface area contributed by atoms with Gasteiger partial charge in [0.15, 0.2) is 0 Å². The summed E-state index contributed by atoms with van der Waals surface area (Å²) in [6, 6.07) is 6.31. The number of nitrogens with zero attached hydrogens (tertiary/aromatic N) is 1. The van der Waals surface area contributed by atoms with Gasteiger partial charge in [0.1, 0.15) is 17.4 Å². The van der Waals surface area contributed by atoms with E-state index in [0.717, 1.165) is 12.8 Å². The molecule has 3 heterocycles. The summed E-state index contributed by atoms with van der Waals surface area (Å²) in [6.07, 6.45) is 3.06. The van der Waals surface area contributed by atoms with Crippen LogP contribution in [0.4, 0.5) is 5.69 Å². The van der Waals surface area contributed by atoms with Crippen LogP contribution in [0.3, 0.4) is 0 Å². The van der Waals surface area contributed by atoms with Crippen molar-refractivity contribution >= 4 is 39.3 Å². The Hall–Kier alpha value is -2.17. The van der Waals surface area contributed by atoms with Crippen molar-refractivity contribution in [1.82, 2.24) is 10.2 Å². The molecule has 3 fully saturated rings. The number of carbonyl (C=O) groups is 3. The van der Waals surface area contributed by atoms with E-state index in [1.807, 2.05) is 27.7 Å². The number of likely N-dealkylation sites (tertiary alicyclic amines) is 1. The highest BCUT2D eigenvalue weighted by molar-refractivity contribution is 9.09. The molecule has 1 spiro atoms.